The molecule has 118 valence electrons. The van der Waals surface area contributed by atoms with Crippen LogP contribution in [0.5, 0.6) is 5.75 Å². The first-order valence-electron chi connectivity index (χ1n) is 7.92. The van der Waals surface area contributed by atoms with E-state index in [-0.39, 0.29) is 5.56 Å². The van der Waals surface area contributed by atoms with E-state index in [0.717, 1.165) is 22.1 Å². The minimum atomic E-state index is -0.147. The molecule has 0 atom stereocenters. The van der Waals surface area contributed by atoms with Crippen LogP contribution in [0.1, 0.15) is 6.92 Å². The van der Waals surface area contributed by atoms with E-state index in [1.165, 1.54) is 0 Å². The highest BCUT2D eigenvalue weighted by molar-refractivity contribution is 5.98. The molecule has 0 aliphatic heterocycles. The van der Waals surface area contributed by atoms with Crippen molar-refractivity contribution in [2.45, 2.75) is 6.92 Å². The first-order chi connectivity index (χ1) is 11.8. The fourth-order valence-corrected chi connectivity index (χ4v) is 2.98. The van der Waals surface area contributed by atoms with Crippen LogP contribution >= 0.6 is 0 Å². The molecule has 0 unspecified atom stereocenters. The number of nitrogens with one attached hydrogen (secondary N) is 1. The number of aromatic nitrogens is 2. The van der Waals surface area contributed by atoms with Crippen molar-refractivity contribution in [3.05, 3.63) is 71.0 Å². The predicted molar refractivity (Wildman–Crippen MR) is 96.5 cm³/mol. The van der Waals surface area contributed by atoms with Crippen LogP contribution in [0.3, 0.4) is 0 Å². The van der Waals surface area contributed by atoms with Crippen molar-refractivity contribution < 1.29 is 4.74 Å². The summed E-state index contributed by atoms with van der Waals surface area (Å²) in [5.74, 6) is 1.24. The minimum Gasteiger partial charge on any atom is -0.493 e. The van der Waals surface area contributed by atoms with Crippen LogP contribution in [0.15, 0.2) is 65.5 Å². The third-order valence-electron chi connectivity index (χ3n) is 4.04. The van der Waals surface area contributed by atoms with E-state index in [1.807, 2.05) is 61.5 Å². The summed E-state index contributed by atoms with van der Waals surface area (Å²) < 4.78 is 5.79. The van der Waals surface area contributed by atoms with Gasteiger partial charge in [0.05, 0.1) is 23.1 Å². The summed E-state index contributed by atoms with van der Waals surface area (Å²) in [5.41, 5.74) is 1.34. The largest absolute Gasteiger partial charge is 0.493 e. The number of aromatic amines is 1. The van der Waals surface area contributed by atoms with Gasteiger partial charge in [-0.25, -0.2) is 4.98 Å². The van der Waals surface area contributed by atoms with E-state index >= 15 is 0 Å². The molecule has 0 spiro atoms. The van der Waals surface area contributed by atoms with Gasteiger partial charge >= 0.3 is 0 Å². The number of fused-ring (bicyclic) bond motifs is 2. The molecule has 0 aliphatic carbocycles. The van der Waals surface area contributed by atoms with Crippen LogP contribution < -0.4 is 10.3 Å². The van der Waals surface area contributed by atoms with E-state index < -0.39 is 0 Å². The molecule has 0 aliphatic rings. The van der Waals surface area contributed by atoms with Gasteiger partial charge in [0.1, 0.15) is 11.6 Å². The monoisotopic (exact) mass is 316 g/mol. The zero-order valence-corrected chi connectivity index (χ0v) is 13.2. The molecule has 4 heteroatoms. The zero-order chi connectivity index (χ0) is 16.5. The molecule has 0 fully saturated rings. The van der Waals surface area contributed by atoms with Crippen molar-refractivity contribution >= 4 is 21.7 Å². The maximum atomic E-state index is 12.4. The summed E-state index contributed by atoms with van der Waals surface area (Å²) in [7, 11) is 0. The molecule has 4 rings (SSSR count). The van der Waals surface area contributed by atoms with Gasteiger partial charge in [-0.15, -0.1) is 0 Å². The van der Waals surface area contributed by atoms with Crippen molar-refractivity contribution in [2.75, 3.05) is 6.61 Å². The van der Waals surface area contributed by atoms with Gasteiger partial charge in [0.2, 0.25) is 0 Å². The lowest BCUT2D eigenvalue weighted by Crippen LogP contribution is -2.10. The lowest BCUT2D eigenvalue weighted by molar-refractivity contribution is 0.342. The summed E-state index contributed by atoms with van der Waals surface area (Å²) >= 11 is 0. The maximum Gasteiger partial charge on any atom is 0.259 e. The summed E-state index contributed by atoms with van der Waals surface area (Å²) in [4.78, 5) is 20.0. The van der Waals surface area contributed by atoms with Gasteiger partial charge in [0.15, 0.2) is 0 Å². The Morgan fingerprint density at radius 3 is 2.54 bits per heavy atom. The predicted octanol–water partition coefficient (Wildman–Crippen LogP) is 4.14. The molecular weight excluding hydrogens is 300 g/mol. The van der Waals surface area contributed by atoms with E-state index in [0.29, 0.717) is 23.3 Å². The molecule has 0 saturated carbocycles. The molecule has 0 bridgehead atoms. The number of hydrogen-bond acceptors (Lipinski definition) is 3. The Labute approximate surface area is 138 Å². The maximum absolute atomic E-state index is 12.4. The number of hydrogen-bond donors (Lipinski definition) is 1. The molecule has 24 heavy (non-hydrogen) atoms. The van der Waals surface area contributed by atoms with Crippen LogP contribution in [-0.4, -0.2) is 16.6 Å². The van der Waals surface area contributed by atoms with E-state index in [2.05, 4.69) is 9.97 Å². The molecule has 4 aromatic rings. The van der Waals surface area contributed by atoms with Gasteiger partial charge in [0.25, 0.3) is 5.56 Å². The molecular formula is C20H16N2O2. The average Bonchev–Trinajstić information content (AvgIpc) is 2.62. The SMILES string of the molecule is CCOc1ccc2ccccc2c1-c1nc2ccccc2c(=O)[nH]1. The summed E-state index contributed by atoms with van der Waals surface area (Å²) in [5, 5.41) is 2.66. The normalized spacial score (nSPS) is 11.0. The van der Waals surface area contributed by atoms with Crippen molar-refractivity contribution in [2.24, 2.45) is 0 Å². The Hall–Kier alpha value is -3.14. The number of benzene rings is 3. The van der Waals surface area contributed by atoms with E-state index in [4.69, 9.17) is 4.74 Å². The van der Waals surface area contributed by atoms with Gasteiger partial charge < -0.3 is 9.72 Å². The fraction of sp³-hybridized carbons (Fsp3) is 0.100. The second-order valence-corrected chi connectivity index (χ2v) is 5.52. The fourth-order valence-electron chi connectivity index (χ4n) is 2.98. The Bertz CT molecular complexity index is 1100. The third-order valence-corrected chi connectivity index (χ3v) is 4.04. The molecule has 1 heterocycles. The average molecular weight is 316 g/mol. The van der Waals surface area contributed by atoms with Gasteiger partial charge in [-0.3, -0.25) is 4.79 Å². The third kappa shape index (κ3) is 2.33. The van der Waals surface area contributed by atoms with Gasteiger partial charge in [-0.1, -0.05) is 42.5 Å². The smallest absolute Gasteiger partial charge is 0.259 e. The van der Waals surface area contributed by atoms with Gasteiger partial charge in [-0.2, -0.15) is 0 Å². The quantitative estimate of drug-likeness (QED) is 0.618. The standard InChI is InChI=1S/C20H16N2O2/c1-2-24-17-12-11-13-7-3-4-8-14(13)18(17)19-21-16-10-6-5-9-15(16)20(23)22-19/h3-12H,2H2,1H3,(H,21,22,23). The molecule has 1 aromatic heterocycles. The van der Waals surface area contributed by atoms with Gasteiger partial charge in [-0.05, 0) is 35.9 Å². The number of nitrogens with zero attached hydrogens (tertiary/aromatic N) is 1. The number of rotatable bonds is 3. The highest BCUT2D eigenvalue weighted by atomic mass is 16.5. The molecule has 4 nitrogen and oxygen atoms in total. The number of H-pyrrole nitrogens is 1. The lowest BCUT2D eigenvalue weighted by atomic mass is 10.0. The van der Waals surface area contributed by atoms with Crippen molar-refractivity contribution in [3.8, 4) is 17.1 Å². The molecule has 0 radical (unpaired) electrons. The Balaban J connectivity index is 2.08. The second kappa shape index (κ2) is 5.81. The Morgan fingerprint density at radius 2 is 1.71 bits per heavy atom. The molecule has 0 amide bonds. The summed E-state index contributed by atoms with van der Waals surface area (Å²) in [6.07, 6.45) is 0. The molecule has 3 aromatic carbocycles. The van der Waals surface area contributed by atoms with Crippen LogP contribution in [0.4, 0.5) is 0 Å². The molecule has 0 saturated heterocycles. The van der Waals surface area contributed by atoms with Crippen LogP contribution in [0.2, 0.25) is 0 Å². The Morgan fingerprint density at radius 1 is 0.958 bits per heavy atom. The van der Waals surface area contributed by atoms with Crippen LogP contribution in [-0.2, 0) is 0 Å². The highest BCUT2D eigenvalue weighted by Gasteiger charge is 2.14. The zero-order valence-electron chi connectivity index (χ0n) is 13.2. The van der Waals surface area contributed by atoms with E-state index in [1.54, 1.807) is 6.07 Å². The Kier molecular flexibility index (Phi) is 3.50. The van der Waals surface area contributed by atoms with Gasteiger partial charge in [0, 0.05) is 0 Å². The van der Waals surface area contributed by atoms with Crippen LogP contribution in [0, 0.1) is 0 Å². The summed E-state index contributed by atoms with van der Waals surface area (Å²) in [6.45, 7) is 2.48. The topological polar surface area (TPSA) is 55.0 Å². The van der Waals surface area contributed by atoms with Crippen LogP contribution in [0.25, 0.3) is 33.1 Å². The number of ether oxygens (including phenoxy) is 1. The van der Waals surface area contributed by atoms with Crippen molar-refractivity contribution in [1.82, 2.24) is 9.97 Å². The second-order valence-electron chi connectivity index (χ2n) is 5.52. The highest BCUT2D eigenvalue weighted by Crippen LogP contribution is 2.35. The van der Waals surface area contributed by atoms with E-state index in [9.17, 15) is 4.79 Å². The molecule has 1 N–H and O–H groups in total. The lowest BCUT2D eigenvalue weighted by Gasteiger charge is -2.13. The van der Waals surface area contributed by atoms with Crippen molar-refractivity contribution in [1.29, 1.82) is 0 Å². The van der Waals surface area contributed by atoms with Crippen molar-refractivity contribution in [3.63, 3.8) is 0 Å². The summed E-state index contributed by atoms with van der Waals surface area (Å²) in [6, 6.07) is 19.3. The number of para-hydroxylation sites is 1. The minimum absolute atomic E-state index is 0.147. The first-order valence-corrected chi connectivity index (χ1v) is 7.92. The first kappa shape index (κ1) is 14.5.